The van der Waals surface area contributed by atoms with E-state index in [9.17, 15) is 0 Å². The van der Waals surface area contributed by atoms with Crippen LogP contribution in [0.3, 0.4) is 0 Å². The summed E-state index contributed by atoms with van der Waals surface area (Å²) in [7, 11) is 0. The van der Waals surface area contributed by atoms with E-state index in [2.05, 4.69) is 49.6 Å². The fourth-order valence-electron chi connectivity index (χ4n) is 2.77. The van der Waals surface area contributed by atoms with Crippen molar-refractivity contribution in [2.45, 2.75) is 58.4 Å². The fraction of sp³-hybridized carbons (Fsp3) is 0.588. The summed E-state index contributed by atoms with van der Waals surface area (Å²) in [5, 5.41) is 0. The molecule has 0 unspecified atom stereocenters. The molecule has 0 fully saturated rings. The Balaban J connectivity index is 2.19. The van der Waals surface area contributed by atoms with Crippen LogP contribution >= 0.6 is 0 Å². The molecule has 0 bridgehead atoms. The van der Waals surface area contributed by atoms with E-state index in [0.29, 0.717) is 0 Å². The third-order valence-electron chi connectivity index (χ3n) is 3.66. The van der Waals surface area contributed by atoms with Gasteiger partial charge in [0.15, 0.2) is 0 Å². The van der Waals surface area contributed by atoms with Crippen LogP contribution in [0.5, 0.6) is 0 Å². The molecule has 0 amide bonds. The minimum Gasteiger partial charge on any atom is -0.330 e. The molecule has 3 nitrogen and oxygen atoms in total. The topological polar surface area (TPSA) is 43.8 Å². The first kappa shape index (κ1) is 15.0. The Morgan fingerprint density at radius 3 is 2.45 bits per heavy atom. The largest absolute Gasteiger partial charge is 0.330 e. The Morgan fingerprint density at radius 2 is 1.75 bits per heavy atom. The molecule has 0 saturated carbocycles. The molecule has 2 rings (SSSR count). The quantitative estimate of drug-likeness (QED) is 0.812. The Bertz CT molecular complexity index is 549. The molecule has 1 heterocycles. The van der Waals surface area contributed by atoms with Gasteiger partial charge < -0.3 is 10.3 Å². The van der Waals surface area contributed by atoms with Crippen molar-refractivity contribution < 1.29 is 0 Å². The summed E-state index contributed by atoms with van der Waals surface area (Å²) in [4.78, 5) is 4.84. The normalized spacial score (nSPS) is 12.2. The first-order valence-electron chi connectivity index (χ1n) is 7.71. The van der Waals surface area contributed by atoms with Crippen LogP contribution in [0.15, 0.2) is 24.3 Å². The molecule has 1 aromatic heterocycles. The number of para-hydroxylation sites is 2. The number of hydrogen-bond donors (Lipinski definition) is 1. The molecule has 1 aromatic carbocycles. The second-order valence-corrected chi connectivity index (χ2v) is 6.48. The molecule has 2 N–H and O–H groups in total. The zero-order valence-corrected chi connectivity index (χ0v) is 13.0. The molecule has 3 heteroatoms. The van der Waals surface area contributed by atoms with Gasteiger partial charge >= 0.3 is 0 Å². The van der Waals surface area contributed by atoms with Crippen molar-refractivity contribution in [3.63, 3.8) is 0 Å². The number of aromatic nitrogens is 2. The van der Waals surface area contributed by atoms with Gasteiger partial charge in [-0.15, -0.1) is 0 Å². The van der Waals surface area contributed by atoms with E-state index in [1.807, 2.05) is 0 Å². The molecule has 0 atom stereocenters. The summed E-state index contributed by atoms with van der Waals surface area (Å²) in [5.74, 6) is 1.21. The summed E-state index contributed by atoms with van der Waals surface area (Å²) >= 11 is 0. The summed E-state index contributed by atoms with van der Waals surface area (Å²) in [6, 6.07) is 8.44. The second kappa shape index (κ2) is 6.40. The maximum atomic E-state index is 5.54. The lowest BCUT2D eigenvalue weighted by molar-refractivity contribution is 0.391. The maximum Gasteiger partial charge on any atom is 0.110 e. The number of nitrogens with two attached hydrogens (primary N) is 1. The number of benzene rings is 1. The molecule has 0 aliphatic rings. The summed E-state index contributed by atoms with van der Waals surface area (Å²) in [6.07, 6.45) is 5.85. The highest BCUT2D eigenvalue weighted by molar-refractivity contribution is 5.76. The molecular weight excluding hydrogens is 246 g/mol. The highest BCUT2D eigenvalue weighted by Crippen LogP contribution is 2.26. The lowest BCUT2D eigenvalue weighted by Crippen LogP contribution is -2.24. The number of unbranched alkanes of at least 4 members (excludes halogenated alkanes) is 3. The smallest absolute Gasteiger partial charge is 0.110 e. The highest BCUT2D eigenvalue weighted by atomic mass is 15.1. The predicted octanol–water partition coefficient (Wildman–Crippen LogP) is 3.85. The fourth-order valence-corrected chi connectivity index (χ4v) is 2.77. The van der Waals surface area contributed by atoms with E-state index in [0.717, 1.165) is 24.9 Å². The van der Waals surface area contributed by atoms with Gasteiger partial charge in [-0.05, 0) is 52.3 Å². The standard InChI is InChI=1S/C17H27N3/c1-17(2,3)20-15-11-8-7-10-14(15)19-16(20)12-6-4-5-9-13-18/h7-8,10-11H,4-6,9,12-13,18H2,1-3H3. The van der Waals surface area contributed by atoms with Crippen LogP contribution in [-0.4, -0.2) is 16.1 Å². The van der Waals surface area contributed by atoms with Gasteiger partial charge in [0.1, 0.15) is 5.82 Å². The zero-order chi connectivity index (χ0) is 14.6. The van der Waals surface area contributed by atoms with Crippen LogP contribution in [0.4, 0.5) is 0 Å². The maximum absolute atomic E-state index is 5.54. The van der Waals surface area contributed by atoms with Crippen LogP contribution in [0.25, 0.3) is 11.0 Å². The first-order chi connectivity index (χ1) is 9.54. The number of hydrogen-bond acceptors (Lipinski definition) is 2. The van der Waals surface area contributed by atoms with Crippen molar-refractivity contribution in [2.75, 3.05) is 6.54 Å². The van der Waals surface area contributed by atoms with Crippen LogP contribution in [-0.2, 0) is 12.0 Å². The average Bonchev–Trinajstić information content (AvgIpc) is 2.76. The third-order valence-corrected chi connectivity index (χ3v) is 3.66. The van der Waals surface area contributed by atoms with Crippen molar-refractivity contribution in [1.29, 1.82) is 0 Å². The first-order valence-corrected chi connectivity index (χ1v) is 7.71. The number of nitrogens with zero attached hydrogens (tertiary/aromatic N) is 2. The van der Waals surface area contributed by atoms with Gasteiger partial charge in [-0.3, -0.25) is 0 Å². The Morgan fingerprint density at radius 1 is 1.05 bits per heavy atom. The van der Waals surface area contributed by atoms with Gasteiger partial charge in [0.25, 0.3) is 0 Å². The van der Waals surface area contributed by atoms with Gasteiger partial charge in [-0.1, -0.05) is 25.0 Å². The number of fused-ring (bicyclic) bond motifs is 1. The van der Waals surface area contributed by atoms with Crippen molar-refractivity contribution >= 4 is 11.0 Å². The Kier molecular flexibility index (Phi) is 4.81. The lowest BCUT2D eigenvalue weighted by atomic mass is 10.1. The molecule has 110 valence electrons. The molecular formula is C17H27N3. The third kappa shape index (κ3) is 3.40. The second-order valence-electron chi connectivity index (χ2n) is 6.48. The van der Waals surface area contributed by atoms with E-state index >= 15 is 0 Å². The van der Waals surface area contributed by atoms with Crippen LogP contribution < -0.4 is 5.73 Å². The monoisotopic (exact) mass is 273 g/mol. The molecule has 0 aliphatic heterocycles. The Hall–Kier alpha value is -1.35. The van der Waals surface area contributed by atoms with Crippen LogP contribution in [0, 0.1) is 0 Å². The number of rotatable bonds is 6. The van der Waals surface area contributed by atoms with E-state index in [1.165, 1.54) is 30.6 Å². The van der Waals surface area contributed by atoms with Gasteiger partial charge in [-0.25, -0.2) is 4.98 Å². The molecule has 0 saturated heterocycles. The van der Waals surface area contributed by atoms with Gasteiger partial charge in [0.2, 0.25) is 0 Å². The van der Waals surface area contributed by atoms with Crippen LogP contribution in [0.2, 0.25) is 0 Å². The van der Waals surface area contributed by atoms with Crippen molar-refractivity contribution in [3.05, 3.63) is 30.1 Å². The van der Waals surface area contributed by atoms with Gasteiger partial charge in [-0.2, -0.15) is 0 Å². The minimum absolute atomic E-state index is 0.0721. The van der Waals surface area contributed by atoms with E-state index in [1.54, 1.807) is 0 Å². The Labute approximate surface area is 122 Å². The average molecular weight is 273 g/mol. The molecule has 0 aliphatic carbocycles. The lowest BCUT2D eigenvalue weighted by Gasteiger charge is -2.24. The summed E-state index contributed by atoms with van der Waals surface area (Å²) in [5.41, 5.74) is 7.97. The molecule has 0 radical (unpaired) electrons. The van der Waals surface area contributed by atoms with E-state index in [-0.39, 0.29) is 5.54 Å². The number of imidazole rings is 1. The SMILES string of the molecule is CC(C)(C)n1c(CCCCCCN)nc2ccccc21. The van der Waals surface area contributed by atoms with Crippen molar-refractivity contribution in [3.8, 4) is 0 Å². The van der Waals surface area contributed by atoms with Crippen molar-refractivity contribution in [2.24, 2.45) is 5.73 Å². The van der Waals surface area contributed by atoms with Crippen molar-refractivity contribution in [1.82, 2.24) is 9.55 Å². The number of aryl methyl sites for hydroxylation is 1. The van der Waals surface area contributed by atoms with E-state index in [4.69, 9.17) is 10.7 Å². The summed E-state index contributed by atoms with van der Waals surface area (Å²) < 4.78 is 2.39. The van der Waals surface area contributed by atoms with Crippen LogP contribution in [0.1, 0.15) is 52.3 Å². The molecule has 20 heavy (non-hydrogen) atoms. The minimum atomic E-state index is 0.0721. The van der Waals surface area contributed by atoms with Gasteiger partial charge in [0.05, 0.1) is 11.0 Å². The summed E-state index contributed by atoms with van der Waals surface area (Å²) in [6.45, 7) is 7.55. The zero-order valence-electron chi connectivity index (χ0n) is 13.0. The predicted molar refractivity (Wildman–Crippen MR) is 86.0 cm³/mol. The van der Waals surface area contributed by atoms with Gasteiger partial charge in [0, 0.05) is 12.0 Å². The van der Waals surface area contributed by atoms with E-state index < -0.39 is 0 Å². The highest BCUT2D eigenvalue weighted by Gasteiger charge is 2.20. The molecule has 0 spiro atoms. The molecule has 2 aromatic rings.